The van der Waals surface area contributed by atoms with Gasteiger partial charge in [-0.05, 0) is 19.8 Å². The molecule has 1 aromatic rings. The molecule has 2 N–H and O–H groups in total. The van der Waals surface area contributed by atoms with E-state index in [1.165, 1.54) is 12.6 Å². The van der Waals surface area contributed by atoms with Crippen molar-refractivity contribution in [3.63, 3.8) is 0 Å². The van der Waals surface area contributed by atoms with Crippen molar-refractivity contribution < 1.29 is 8.42 Å². The van der Waals surface area contributed by atoms with E-state index in [-0.39, 0.29) is 11.1 Å². The molecule has 0 aromatic carbocycles. The summed E-state index contributed by atoms with van der Waals surface area (Å²) in [5.74, 6) is 0.615. The highest BCUT2D eigenvalue weighted by molar-refractivity contribution is 7.89. The number of aromatic nitrogens is 2. The number of hydrogen-bond donors (Lipinski definition) is 2. The molecule has 0 spiro atoms. The zero-order chi connectivity index (χ0) is 11.6. The predicted molar refractivity (Wildman–Crippen MR) is 60.5 cm³/mol. The van der Waals surface area contributed by atoms with Gasteiger partial charge in [-0.15, -0.1) is 0 Å². The van der Waals surface area contributed by atoms with E-state index >= 15 is 0 Å². The maximum absolute atomic E-state index is 11.9. The Hall–Kier alpha value is -0.880. The van der Waals surface area contributed by atoms with Gasteiger partial charge in [-0.3, -0.25) is 0 Å². The largest absolute Gasteiger partial charge is 0.332 e. The van der Waals surface area contributed by atoms with Crippen LogP contribution in [0.15, 0.2) is 11.2 Å². The molecule has 0 unspecified atom stereocenters. The maximum atomic E-state index is 11.9. The number of nitrogens with zero attached hydrogens (tertiary/aromatic N) is 1. The van der Waals surface area contributed by atoms with Gasteiger partial charge in [0, 0.05) is 6.04 Å². The lowest BCUT2D eigenvalue weighted by Crippen LogP contribution is -2.36. The zero-order valence-corrected chi connectivity index (χ0v) is 10.2. The third-order valence-electron chi connectivity index (χ3n) is 2.90. The van der Waals surface area contributed by atoms with Crippen LogP contribution >= 0.6 is 0 Å². The fraction of sp³-hybridized carbons (Fsp3) is 0.700. The molecule has 1 aliphatic carbocycles. The van der Waals surface area contributed by atoms with Crippen LogP contribution in [0.4, 0.5) is 0 Å². The van der Waals surface area contributed by atoms with E-state index in [0.29, 0.717) is 5.82 Å². The molecule has 2 rings (SSSR count). The van der Waals surface area contributed by atoms with E-state index in [2.05, 4.69) is 14.7 Å². The average molecular weight is 243 g/mol. The van der Waals surface area contributed by atoms with Gasteiger partial charge in [-0.2, -0.15) is 0 Å². The first-order valence-corrected chi connectivity index (χ1v) is 7.10. The van der Waals surface area contributed by atoms with Crippen LogP contribution in [0.2, 0.25) is 0 Å². The second-order valence-electron chi connectivity index (χ2n) is 4.29. The molecule has 16 heavy (non-hydrogen) atoms. The van der Waals surface area contributed by atoms with Gasteiger partial charge in [-0.25, -0.2) is 18.1 Å². The monoisotopic (exact) mass is 243 g/mol. The molecule has 1 saturated carbocycles. The van der Waals surface area contributed by atoms with E-state index in [0.717, 1.165) is 25.7 Å². The minimum absolute atomic E-state index is 0.0855. The Kier molecular flexibility index (Phi) is 3.30. The molecule has 0 bridgehead atoms. The Bertz CT molecular complexity index is 446. The van der Waals surface area contributed by atoms with Crippen LogP contribution < -0.4 is 4.72 Å². The van der Waals surface area contributed by atoms with Crippen LogP contribution in [0.5, 0.6) is 0 Å². The normalized spacial score (nSPS) is 18.8. The SMILES string of the molecule is Cc1ncc(S(=O)(=O)NC2CCCCC2)[nH]1. The molecular weight excluding hydrogens is 226 g/mol. The van der Waals surface area contributed by atoms with E-state index in [1.807, 2.05) is 0 Å². The number of H-pyrrole nitrogens is 1. The van der Waals surface area contributed by atoms with Crippen LogP contribution in [-0.4, -0.2) is 24.4 Å². The maximum Gasteiger partial charge on any atom is 0.257 e. The quantitative estimate of drug-likeness (QED) is 0.841. The summed E-state index contributed by atoms with van der Waals surface area (Å²) in [5, 5.41) is 0.163. The first-order chi connectivity index (χ1) is 7.58. The Morgan fingerprint density at radius 2 is 2.06 bits per heavy atom. The average Bonchev–Trinajstić information content (AvgIpc) is 2.66. The van der Waals surface area contributed by atoms with Crippen molar-refractivity contribution in [1.82, 2.24) is 14.7 Å². The molecular formula is C10H17N3O2S. The summed E-state index contributed by atoms with van der Waals surface area (Å²) in [7, 11) is -3.41. The van der Waals surface area contributed by atoms with E-state index in [9.17, 15) is 8.42 Å². The van der Waals surface area contributed by atoms with E-state index in [1.54, 1.807) is 6.92 Å². The van der Waals surface area contributed by atoms with Crippen LogP contribution in [0.3, 0.4) is 0 Å². The van der Waals surface area contributed by atoms with E-state index < -0.39 is 10.0 Å². The summed E-state index contributed by atoms with van der Waals surface area (Å²) in [5.41, 5.74) is 0. The fourth-order valence-corrected chi connectivity index (χ4v) is 3.31. The van der Waals surface area contributed by atoms with Gasteiger partial charge in [0.25, 0.3) is 10.0 Å². The van der Waals surface area contributed by atoms with Crippen molar-refractivity contribution in [2.75, 3.05) is 0 Å². The number of nitrogens with one attached hydrogen (secondary N) is 2. The van der Waals surface area contributed by atoms with Crippen molar-refractivity contribution >= 4 is 10.0 Å². The molecule has 5 nitrogen and oxygen atoms in total. The lowest BCUT2D eigenvalue weighted by molar-refractivity contribution is 0.411. The van der Waals surface area contributed by atoms with E-state index in [4.69, 9.17) is 0 Å². The summed E-state index contributed by atoms with van der Waals surface area (Å²) in [6, 6.07) is 0.0855. The van der Waals surface area contributed by atoms with Gasteiger partial charge in [0.1, 0.15) is 5.82 Å². The van der Waals surface area contributed by atoms with Gasteiger partial charge >= 0.3 is 0 Å². The Balaban J connectivity index is 2.07. The van der Waals surface area contributed by atoms with Gasteiger partial charge < -0.3 is 4.98 Å². The van der Waals surface area contributed by atoms with Crippen molar-refractivity contribution in [1.29, 1.82) is 0 Å². The minimum atomic E-state index is -3.41. The van der Waals surface area contributed by atoms with Crippen molar-refractivity contribution in [3.05, 3.63) is 12.0 Å². The minimum Gasteiger partial charge on any atom is -0.332 e. The first kappa shape index (κ1) is 11.6. The number of hydrogen-bond acceptors (Lipinski definition) is 3. The van der Waals surface area contributed by atoms with Crippen LogP contribution in [0.1, 0.15) is 37.9 Å². The smallest absolute Gasteiger partial charge is 0.257 e. The molecule has 0 atom stereocenters. The molecule has 1 fully saturated rings. The standard InChI is InChI=1S/C10H17N3O2S/c1-8-11-7-10(12-8)16(14,15)13-9-5-3-2-4-6-9/h7,9,13H,2-6H2,1H3,(H,11,12). The number of aromatic amines is 1. The van der Waals surface area contributed by atoms with Crippen LogP contribution in [0, 0.1) is 6.92 Å². The summed E-state index contributed by atoms with van der Waals surface area (Å²) in [6.45, 7) is 1.74. The highest BCUT2D eigenvalue weighted by Gasteiger charge is 2.22. The summed E-state index contributed by atoms with van der Waals surface area (Å²) in [4.78, 5) is 6.65. The zero-order valence-electron chi connectivity index (χ0n) is 9.36. The Morgan fingerprint density at radius 1 is 1.38 bits per heavy atom. The number of aryl methyl sites for hydroxylation is 1. The van der Waals surface area contributed by atoms with Gasteiger partial charge in [0.15, 0.2) is 5.03 Å². The lowest BCUT2D eigenvalue weighted by Gasteiger charge is -2.21. The summed E-state index contributed by atoms with van der Waals surface area (Å²) in [6.07, 6.45) is 6.66. The Morgan fingerprint density at radius 3 is 2.62 bits per heavy atom. The second kappa shape index (κ2) is 4.55. The summed E-state index contributed by atoms with van der Waals surface area (Å²) < 4.78 is 26.6. The van der Waals surface area contributed by atoms with Gasteiger partial charge in [-0.1, -0.05) is 19.3 Å². The molecule has 0 radical (unpaired) electrons. The van der Waals surface area contributed by atoms with Crippen molar-refractivity contribution in [3.8, 4) is 0 Å². The molecule has 1 heterocycles. The first-order valence-electron chi connectivity index (χ1n) is 5.62. The molecule has 0 amide bonds. The topological polar surface area (TPSA) is 74.8 Å². The highest BCUT2D eigenvalue weighted by atomic mass is 32.2. The Labute approximate surface area is 95.7 Å². The van der Waals surface area contributed by atoms with Crippen LogP contribution in [-0.2, 0) is 10.0 Å². The third kappa shape index (κ3) is 2.62. The van der Waals surface area contributed by atoms with Crippen LogP contribution in [0.25, 0.3) is 0 Å². The van der Waals surface area contributed by atoms with Gasteiger partial charge in [0.2, 0.25) is 0 Å². The molecule has 0 saturated heterocycles. The molecule has 90 valence electrons. The number of imidazole rings is 1. The number of rotatable bonds is 3. The van der Waals surface area contributed by atoms with Crippen molar-refractivity contribution in [2.24, 2.45) is 0 Å². The predicted octanol–water partition coefficient (Wildman–Crippen LogP) is 1.33. The second-order valence-corrected chi connectivity index (χ2v) is 5.97. The molecule has 1 aliphatic rings. The lowest BCUT2D eigenvalue weighted by atomic mass is 9.96. The summed E-state index contributed by atoms with van der Waals surface area (Å²) >= 11 is 0. The number of sulfonamides is 1. The molecule has 0 aliphatic heterocycles. The highest BCUT2D eigenvalue weighted by Crippen LogP contribution is 2.19. The molecule has 1 aromatic heterocycles. The van der Waals surface area contributed by atoms with Gasteiger partial charge in [0.05, 0.1) is 6.20 Å². The third-order valence-corrected chi connectivity index (χ3v) is 4.33. The molecule has 6 heteroatoms. The fourth-order valence-electron chi connectivity index (χ4n) is 2.04. The van der Waals surface area contributed by atoms with Crippen molar-refractivity contribution in [2.45, 2.75) is 50.1 Å².